The Kier molecular flexibility index (Phi) is 8.89. The van der Waals surface area contributed by atoms with Crippen molar-refractivity contribution in [3.05, 3.63) is 45.7 Å². The van der Waals surface area contributed by atoms with Gasteiger partial charge in [-0.1, -0.05) is 13.0 Å². The molecular formula is C23H32N2O9S. The van der Waals surface area contributed by atoms with E-state index in [2.05, 4.69) is 5.32 Å². The van der Waals surface area contributed by atoms with Gasteiger partial charge in [-0.3, -0.25) is 8.98 Å². The van der Waals surface area contributed by atoms with Gasteiger partial charge in [0, 0.05) is 13.0 Å². The zero-order valence-corrected chi connectivity index (χ0v) is 20.8. The highest BCUT2D eigenvalue weighted by atomic mass is 32.2. The first-order valence-electron chi connectivity index (χ1n) is 11.4. The third-order valence-electron chi connectivity index (χ3n) is 6.04. The summed E-state index contributed by atoms with van der Waals surface area (Å²) in [7, 11) is -2.39. The Labute approximate surface area is 203 Å². The highest BCUT2D eigenvalue weighted by Gasteiger charge is 2.36. The topological polar surface area (TPSA) is 153 Å². The van der Waals surface area contributed by atoms with Crippen LogP contribution in [0, 0.1) is 5.92 Å². The second-order valence-corrected chi connectivity index (χ2v) is 10.4. The van der Waals surface area contributed by atoms with Crippen molar-refractivity contribution in [2.45, 2.75) is 51.6 Å². The maximum absolute atomic E-state index is 12.5. The number of aliphatic hydroxyl groups is 1. The number of carboxylic acid groups (broad SMARTS) is 1. The predicted molar refractivity (Wildman–Crippen MR) is 128 cm³/mol. The fraction of sp³-hybridized carbons (Fsp3) is 0.565. The van der Waals surface area contributed by atoms with Crippen molar-refractivity contribution in [1.29, 1.82) is 0 Å². The van der Waals surface area contributed by atoms with Gasteiger partial charge in [-0.25, -0.2) is 4.79 Å². The van der Waals surface area contributed by atoms with Gasteiger partial charge >= 0.3 is 5.97 Å². The number of ether oxygens (including phenoxy) is 1. The van der Waals surface area contributed by atoms with E-state index in [9.17, 15) is 28.2 Å². The van der Waals surface area contributed by atoms with Gasteiger partial charge in [-0.2, -0.15) is 13.1 Å². The van der Waals surface area contributed by atoms with Crippen molar-refractivity contribution in [3.8, 4) is 0 Å². The molecule has 11 nitrogen and oxygen atoms in total. The third-order valence-corrected chi connectivity index (χ3v) is 7.25. The Morgan fingerprint density at radius 2 is 2.03 bits per heavy atom. The molecule has 0 bridgehead atoms. The Morgan fingerprint density at radius 1 is 1.29 bits per heavy atom. The number of rotatable bonds is 11. The summed E-state index contributed by atoms with van der Waals surface area (Å²) in [5.74, 6) is -1.68. The normalized spacial score (nSPS) is 22.9. The van der Waals surface area contributed by atoms with Crippen molar-refractivity contribution in [2.75, 3.05) is 26.0 Å². The molecule has 0 amide bonds. The van der Waals surface area contributed by atoms with Crippen LogP contribution in [0.5, 0.6) is 0 Å². The number of nitrogens with zero attached hydrogens (tertiary/aromatic N) is 1. The molecule has 194 valence electrons. The van der Waals surface area contributed by atoms with Crippen LogP contribution in [0.4, 0.5) is 0 Å². The lowest BCUT2D eigenvalue weighted by molar-refractivity contribution is -0.203. The first-order chi connectivity index (χ1) is 16.5. The number of aromatic nitrogens is 1. The quantitative estimate of drug-likeness (QED) is 0.290. The molecule has 0 spiro atoms. The van der Waals surface area contributed by atoms with Gasteiger partial charge in [0.2, 0.25) is 5.43 Å². The zero-order chi connectivity index (χ0) is 25.8. The van der Waals surface area contributed by atoms with E-state index in [4.69, 9.17) is 13.8 Å². The van der Waals surface area contributed by atoms with Gasteiger partial charge in [0.15, 0.2) is 6.29 Å². The zero-order valence-electron chi connectivity index (χ0n) is 20.0. The minimum absolute atomic E-state index is 0.155. The van der Waals surface area contributed by atoms with Gasteiger partial charge in [0.05, 0.1) is 29.0 Å². The number of carbonyl (C=O) groups is 1. The number of benzene rings is 1. The number of nitrogens with one attached hydrogen (secondary N) is 1. The number of aliphatic hydroxyl groups excluding tert-OH is 1. The molecule has 2 heterocycles. The summed E-state index contributed by atoms with van der Waals surface area (Å²) < 4.78 is 36.5. The van der Waals surface area contributed by atoms with Crippen LogP contribution >= 0.6 is 0 Å². The molecule has 1 fully saturated rings. The summed E-state index contributed by atoms with van der Waals surface area (Å²) in [5, 5.41) is 22.2. The van der Waals surface area contributed by atoms with Gasteiger partial charge < -0.3 is 25.1 Å². The summed E-state index contributed by atoms with van der Waals surface area (Å²) in [4.78, 5) is 29.1. The molecule has 1 aliphatic heterocycles. The highest BCUT2D eigenvalue weighted by Crippen LogP contribution is 2.27. The van der Waals surface area contributed by atoms with E-state index in [-0.39, 0.29) is 29.2 Å². The summed E-state index contributed by atoms with van der Waals surface area (Å²) in [5.41, 5.74) is 0.366. The van der Waals surface area contributed by atoms with Crippen molar-refractivity contribution in [2.24, 2.45) is 5.92 Å². The number of aromatic carboxylic acids is 1. The second kappa shape index (κ2) is 11.5. The van der Waals surface area contributed by atoms with Gasteiger partial charge in [0.1, 0.15) is 18.8 Å². The first kappa shape index (κ1) is 27.1. The monoisotopic (exact) mass is 512 g/mol. The van der Waals surface area contributed by atoms with Gasteiger partial charge in [-0.05, 0) is 49.9 Å². The minimum Gasteiger partial charge on any atom is -0.477 e. The van der Waals surface area contributed by atoms with E-state index in [1.54, 1.807) is 19.1 Å². The first-order valence-corrected chi connectivity index (χ1v) is 13.0. The van der Waals surface area contributed by atoms with E-state index in [0.717, 1.165) is 11.8 Å². The lowest BCUT2D eigenvalue weighted by Crippen LogP contribution is -2.45. The number of carboxylic acids is 1. The Hall–Kier alpha value is -2.51. The van der Waals surface area contributed by atoms with Crippen LogP contribution in [0.3, 0.4) is 0 Å². The molecule has 12 heteroatoms. The average molecular weight is 513 g/mol. The average Bonchev–Trinajstić information content (AvgIpc) is 2.79. The molecule has 3 N–H and O–H groups in total. The summed E-state index contributed by atoms with van der Waals surface area (Å²) >= 11 is 0. The van der Waals surface area contributed by atoms with Crippen LogP contribution in [-0.4, -0.2) is 73.8 Å². The molecule has 2 unspecified atom stereocenters. The highest BCUT2D eigenvalue weighted by molar-refractivity contribution is 7.86. The van der Waals surface area contributed by atoms with E-state index >= 15 is 0 Å². The maximum atomic E-state index is 12.5. The predicted octanol–water partition coefficient (Wildman–Crippen LogP) is 0.759. The molecule has 3 rings (SSSR count). The molecule has 1 saturated heterocycles. The van der Waals surface area contributed by atoms with E-state index in [1.807, 2.05) is 13.0 Å². The van der Waals surface area contributed by atoms with Gasteiger partial charge in [0.25, 0.3) is 10.1 Å². The summed E-state index contributed by atoms with van der Waals surface area (Å²) in [6.07, 6.45) is 0.665. The Morgan fingerprint density at radius 3 is 2.69 bits per heavy atom. The molecule has 1 aromatic carbocycles. The van der Waals surface area contributed by atoms with E-state index in [1.165, 1.54) is 11.8 Å². The molecule has 0 aliphatic carbocycles. The fourth-order valence-electron chi connectivity index (χ4n) is 4.23. The third kappa shape index (κ3) is 6.79. The van der Waals surface area contributed by atoms with Crippen LogP contribution in [0.15, 0.2) is 29.2 Å². The van der Waals surface area contributed by atoms with Crippen molar-refractivity contribution >= 4 is 27.0 Å². The van der Waals surface area contributed by atoms with Crippen LogP contribution in [-0.2, 0) is 25.5 Å². The number of aryl methyl sites for hydroxylation is 1. The van der Waals surface area contributed by atoms with Crippen LogP contribution < -0.4 is 15.6 Å². The molecule has 0 saturated carbocycles. The Bertz CT molecular complexity index is 1200. The Balaban J connectivity index is 1.50. The minimum atomic E-state index is -3.77. The number of hydrogen-bond acceptors (Lipinski definition) is 9. The van der Waals surface area contributed by atoms with Crippen LogP contribution in [0.1, 0.15) is 42.6 Å². The summed E-state index contributed by atoms with van der Waals surface area (Å²) in [6, 6.07) is 5.19. The largest absolute Gasteiger partial charge is 0.477 e. The van der Waals surface area contributed by atoms with Crippen molar-refractivity contribution < 1.29 is 37.2 Å². The van der Waals surface area contributed by atoms with Crippen molar-refractivity contribution in [1.82, 2.24) is 10.0 Å². The standard InChI is InChI=1S/C23H32N2O9S/c1-14-11-20(26)33-15(2)22(14)34-35(30,31)10-9-24-8-4-5-16-6-7-19-17(12-16)21(27)18(23(28)29)13-25(19)32-3/h6-7,12-15,20,22,24,26H,4-5,8-11H2,1-3H3,(H,28,29)/t14?,15?,20-,22-/m1/s1. The number of fused-ring (bicyclic) bond motifs is 1. The number of hydrogen-bond donors (Lipinski definition) is 3. The second-order valence-electron chi connectivity index (χ2n) is 8.72. The molecule has 0 radical (unpaired) electrons. The van der Waals surface area contributed by atoms with Gasteiger partial charge in [-0.15, -0.1) is 0 Å². The lowest BCUT2D eigenvalue weighted by Gasteiger charge is -2.36. The van der Waals surface area contributed by atoms with E-state index in [0.29, 0.717) is 31.3 Å². The van der Waals surface area contributed by atoms with Crippen LogP contribution in [0.25, 0.3) is 10.9 Å². The fourth-order valence-corrected chi connectivity index (χ4v) is 5.41. The van der Waals surface area contributed by atoms with E-state index < -0.39 is 40.0 Å². The molecule has 1 aliphatic rings. The smallest absolute Gasteiger partial charge is 0.341 e. The molecular weight excluding hydrogens is 480 g/mol. The maximum Gasteiger partial charge on any atom is 0.341 e. The van der Waals surface area contributed by atoms with Crippen molar-refractivity contribution in [3.63, 3.8) is 0 Å². The molecule has 35 heavy (non-hydrogen) atoms. The molecule has 4 atom stereocenters. The SMILES string of the molecule is COn1cc(C(=O)O)c(=O)c2cc(CCCNCCS(=O)(=O)O[C@@H]3C(C)C[C@H](O)OC3C)ccc21. The number of pyridine rings is 1. The van der Waals surface area contributed by atoms with Crippen LogP contribution in [0.2, 0.25) is 0 Å². The summed E-state index contributed by atoms with van der Waals surface area (Å²) in [6.45, 7) is 4.24. The molecule has 1 aromatic heterocycles. The molecule has 2 aromatic rings. The lowest BCUT2D eigenvalue weighted by atomic mass is 9.94.